The summed E-state index contributed by atoms with van der Waals surface area (Å²) in [4.78, 5) is 13.0. The maximum atomic E-state index is 13.0. The number of hydrogen-bond donors (Lipinski definition) is 2. The molecule has 2 N–H and O–H groups in total. The van der Waals surface area contributed by atoms with Gasteiger partial charge in [-0.2, -0.15) is 0 Å². The molecule has 0 aromatic heterocycles. The topological polar surface area (TPSA) is 50.4 Å². The van der Waals surface area contributed by atoms with Crippen LogP contribution in [-0.2, 0) is 17.9 Å². The number of hydrogen-bond acceptors (Lipinski definition) is 3. The van der Waals surface area contributed by atoms with Gasteiger partial charge in [0.15, 0.2) is 0 Å². The molecule has 2 bridgehead atoms. The van der Waals surface area contributed by atoms with Crippen LogP contribution in [0.25, 0.3) is 0 Å². The van der Waals surface area contributed by atoms with E-state index in [-0.39, 0.29) is 23.7 Å². The van der Waals surface area contributed by atoms with Crippen molar-refractivity contribution in [3.05, 3.63) is 65.7 Å². The van der Waals surface area contributed by atoms with Crippen molar-refractivity contribution in [3.63, 3.8) is 0 Å². The van der Waals surface area contributed by atoms with Gasteiger partial charge in [-0.3, -0.25) is 4.79 Å². The SMILES string of the molecule is CC[C@@]1(C(=O)NCc2cccc(OCc3ccccc3)c2)C[C@@H]2CC[C@H]1N2.Cl. The van der Waals surface area contributed by atoms with Gasteiger partial charge in [0.2, 0.25) is 5.91 Å². The Morgan fingerprint density at radius 2 is 1.93 bits per heavy atom. The average Bonchev–Trinajstić information content (AvgIpc) is 3.33. The lowest BCUT2D eigenvalue weighted by Gasteiger charge is -2.34. The number of fused-ring (bicyclic) bond motifs is 2. The molecule has 0 radical (unpaired) electrons. The van der Waals surface area contributed by atoms with Crippen LogP contribution in [0.15, 0.2) is 54.6 Å². The Labute approximate surface area is 173 Å². The second-order valence-corrected chi connectivity index (χ2v) is 7.81. The van der Waals surface area contributed by atoms with Crippen LogP contribution in [0.1, 0.15) is 43.7 Å². The monoisotopic (exact) mass is 400 g/mol. The molecule has 0 spiro atoms. The summed E-state index contributed by atoms with van der Waals surface area (Å²) in [7, 11) is 0. The van der Waals surface area contributed by atoms with Crippen LogP contribution in [0, 0.1) is 5.41 Å². The van der Waals surface area contributed by atoms with Crippen molar-refractivity contribution in [1.29, 1.82) is 0 Å². The molecule has 2 aromatic rings. The van der Waals surface area contributed by atoms with Gasteiger partial charge in [-0.15, -0.1) is 12.4 Å². The molecule has 2 aromatic carbocycles. The van der Waals surface area contributed by atoms with E-state index < -0.39 is 0 Å². The zero-order valence-electron chi connectivity index (χ0n) is 16.3. The fraction of sp³-hybridized carbons (Fsp3) is 0.435. The predicted molar refractivity (Wildman–Crippen MR) is 114 cm³/mol. The summed E-state index contributed by atoms with van der Waals surface area (Å²) in [5.41, 5.74) is 1.98. The Morgan fingerprint density at radius 3 is 2.61 bits per heavy atom. The third-order valence-electron chi connectivity index (χ3n) is 6.20. The van der Waals surface area contributed by atoms with E-state index in [2.05, 4.69) is 29.7 Å². The molecule has 1 amide bonds. The van der Waals surface area contributed by atoms with E-state index in [0.717, 1.165) is 36.1 Å². The van der Waals surface area contributed by atoms with Gasteiger partial charge in [0, 0.05) is 18.6 Å². The number of nitrogens with one attached hydrogen (secondary N) is 2. The molecule has 2 heterocycles. The minimum absolute atomic E-state index is 0. The molecule has 4 rings (SSSR count). The summed E-state index contributed by atoms with van der Waals surface area (Å²) in [6.07, 6.45) is 4.20. The summed E-state index contributed by atoms with van der Waals surface area (Å²) < 4.78 is 5.90. The molecular formula is C23H29ClN2O2. The fourth-order valence-corrected chi connectivity index (χ4v) is 4.64. The third-order valence-corrected chi connectivity index (χ3v) is 6.20. The quantitative estimate of drug-likeness (QED) is 0.731. The standard InChI is InChI=1S/C23H28N2O2.ClH/c1-2-23(14-19-11-12-21(23)25-19)22(26)24-15-18-9-6-10-20(13-18)27-16-17-7-4-3-5-8-17;/h3-10,13,19,21,25H,2,11-12,14-16H2,1H3,(H,24,26);1H/t19-,21+,23+;/m0./s1. The first-order valence-corrected chi connectivity index (χ1v) is 9.99. The second kappa shape index (κ2) is 8.97. The Bertz CT molecular complexity index is 798. The molecule has 0 unspecified atom stereocenters. The van der Waals surface area contributed by atoms with E-state index in [1.54, 1.807) is 0 Å². The highest BCUT2D eigenvalue weighted by molar-refractivity contribution is 5.85. The predicted octanol–water partition coefficient (Wildman–Crippen LogP) is 4.22. The van der Waals surface area contributed by atoms with Crippen molar-refractivity contribution in [1.82, 2.24) is 10.6 Å². The first-order valence-electron chi connectivity index (χ1n) is 9.99. The zero-order chi connectivity index (χ0) is 18.7. The second-order valence-electron chi connectivity index (χ2n) is 7.81. The largest absolute Gasteiger partial charge is 0.489 e. The maximum Gasteiger partial charge on any atom is 0.228 e. The van der Waals surface area contributed by atoms with Crippen LogP contribution in [0.3, 0.4) is 0 Å². The van der Waals surface area contributed by atoms with Crippen LogP contribution in [0.2, 0.25) is 0 Å². The van der Waals surface area contributed by atoms with Crippen molar-refractivity contribution >= 4 is 18.3 Å². The van der Waals surface area contributed by atoms with Gasteiger partial charge in [0.25, 0.3) is 0 Å². The van der Waals surface area contributed by atoms with Crippen molar-refractivity contribution < 1.29 is 9.53 Å². The lowest BCUT2D eigenvalue weighted by Crippen LogP contribution is -2.47. The summed E-state index contributed by atoms with van der Waals surface area (Å²) in [5, 5.41) is 6.79. The van der Waals surface area contributed by atoms with Gasteiger partial charge in [0.05, 0.1) is 5.41 Å². The van der Waals surface area contributed by atoms with Crippen LogP contribution < -0.4 is 15.4 Å². The molecule has 5 heteroatoms. The van der Waals surface area contributed by atoms with Gasteiger partial charge >= 0.3 is 0 Å². The van der Waals surface area contributed by atoms with Crippen molar-refractivity contribution in [2.45, 2.75) is 57.8 Å². The lowest BCUT2D eigenvalue weighted by molar-refractivity contribution is -0.132. The summed E-state index contributed by atoms with van der Waals surface area (Å²) in [5.74, 6) is 1.03. The Balaban J connectivity index is 0.00000225. The molecule has 150 valence electrons. The Hall–Kier alpha value is -2.04. The van der Waals surface area contributed by atoms with Gasteiger partial charge < -0.3 is 15.4 Å². The Morgan fingerprint density at radius 1 is 1.14 bits per heavy atom. The highest BCUT2D eigenvalue weighted by Crippen LogP contribution is 2.45. The normalized spacial score (nSPS) is 25.2. The molecule has 2 aliphatic heterocycles. The molecule has 28 heavy (non-hydrogen) atoms. The van der Waals surface area contributed by atoms with E-state index in [1.807, 2.05) is 42.5 Å². The van der Waals surface area contributed by atoms with Crippen LogP contribution in [0.5, 0.6) is 5.75 Å². The molecule has 0 aliphatic carbocycles. The molecule has 2 saturated heterocycles. The number of carbonyl (C=O) groups excluding carboxylic acids is 1. The fourth-order valence-electron chi connectivity index (χ4n) is 4.64. The molecular weight excluding hydrogens is 372 g/mol. The maximum absolute atomic E-state index is 13.0. The highest BCUT2D eigenvalue weighted by Gasteiger charge is 2.54. The molecule has 0 saturated carbocycles. The number of amides is 1. The van der Waals surface area contributed by atoms with Gasteiger partial charge in [0.1, 0.15) is 12.4 Å². The van der Waals surface area contributed by atoms with E-state index in [0.29, 0.717) is 25.2 Å². The lowest BCUT2D eigenvalue weighted by atomic mass is 9.71. The minimum atomic E-state index is -0.232. The Kier molecular flexibility index (Phi) is 6.63. The number of rotatable bonds is 7. The number of benzene rings is 2. The summed E-state index contributed by atoms with van der Waals surface area (Å²) in [6.45, 7) is 3.23. The number of ether oxygens (including phenoxy) is 1. The van der Waals surface area contributed by atoms with Crippen LogP contribution in [0.4, 0.5) is 0 Å². The molecule has 2 aliphatic rings. The number of halogens is 1. The van der Waals surface area contributed by atoms with Crippen molar-refractivity contribution in [3.8, 4) is 5.75 Å². The van der Waals surface area contributed by atoms with Crippen LogP contribution in [-0.4, -0.2) is 18.0 Å². The van der Waals surface area contributed by atoms with Gasteiger partial charge in [-0.05, 0) is 48.9 Å². The number of carbonyl (C=O) groups is 1. The van der Waals surface area contributed by atoms with Crippen molar-refractivity contribution in [2.75, 3.05) is 0 Å². The molecule has 2 fully saturated rings. The zero-order valence-corrected chi connectivity index (χ0v) is 17.1. The van der Waals surface area contributed by atoms with E-state index in [4.69, 9.17) is 4.74 Å². The van der Waals surface area contributed by atoms with Crippen LogP contribution >= 0.6 is 12.4 Å². The molecule has 4 nitrogen and oxygen atoms in total. The van der Waals surface area contributed by atoms with E-state index in [1.165, 1.54) is 6.42 Å². The molecule has 3 atom stereocenters. The highest BCUT2D eigenvalue weighted by atomic mass is 35.5. The first kappa shape index (κ1) is 20.7. The smallest absolute Gasteiger partial charge is 0.228 e. The summed E-state index contributed by atoms with van der Waals surface area (Å²) in [6, 6.07) is 19.0. The third kappa shape index (κ3) is 4.18. The summed E-state index contributed by atoms with van der Waals surface area (Å²) >= 11 is 0. The van der Waals surface area contributed by atoms with E-state index >= 15 is 0 Å². The minimum Gasteiger partial charge on any atom is -0.489 e. The van der Waals surface area contributed by atoms with Gasteiger partial charge in [-0.25, -0.2) is 0 Å². The average molecular weight is 401 g/mol. The first-order chi connectivity index (χ1) is 13.2. The van der Waals surface area contributed by atoms with E-state index in [9.17, 15) is 4.79 Å². The van der Waals surface area contributed by atoms with Crippen molar-refractivity contribution in [2.24, 2.45) is 5.41 Å². The van der Waals surface area contributed by atoms with Gasteiger partial charge in [-0.1, -0.05) is 49.4 Å².